The number of nitrogens with zero attached hydrogens (tertiary/aromatic N) is 3. The smallest absolute Gasteiger partial charge is 0.276 e. The first kappa shape index (κ1) is 10.0. The number of nitrogens with two attached hydrogens (primary N) is 1. The average molecular weight is 225 g/mol. The summed E-state index contributed by atoms with van der Waals surface area (Å²) >= 11 is 4.92. The Hall–Kier alpha value is -1.50. The number of hydrogen-bond acceptors (Lipinski definition) is 4. The van der Waals surface area contributed by atoms with Gasteiger partial charge in [0.15, 0.2) is 5.69 Å². The van der Waals surface area contributed by atoms with Gasteiger partial charge in [-0.05, 0) is 12.8 Å². The summed E-state index contributed by atoms with van der Waals surface area (Å²) in [5, 5.41) is 9.75. The largest absolute Gasteiger partial charge is 0.392 e. The fourth-order valence-corrected chi connectivity index (χ4v) is 2.00. The number of rotatable bonds is 2. The molecule has 1 fully saturated rings. The fourth-order valence-electron chi connectivity index (χ4n) is 1.76. The zero-order valence-corrected chi connectivity index (χ0v) is 8.83. The van der Waals surface area contributed by atoms with Crippen LogP contribution in [-0.2, 0) is 0 Å². The van der Waals surface area contributed by atoms with E-state index < -0.39 is 0 Å². The number of nitrogens with one attached hydrogen (secondary N) is 1. The predicted octanol–water partition coefficient (Wildman–Crippen LogP) is -0.305. The summed E-state index contributed by atoms with van der Waals surface area (Å²) in [6.45, 7) is 0.674. The molecule has 0 aliphatic carbocycles. The SMILES string of the molecule is NC(=S)C1CCCN1C(=O)c1cn[nH]n1. The van der Waals surface area contributed by atoms with Crippen LogP contribution in [0.4, 0.5) is 0 Å². The molecular weight excluding hydrogens is 214 g/mol. The molecule has 80 valence electrons. The van der Waals surface area contributed by atoms with Crippen LogP contribution in [0.25, 0.3) is 0 Å². The number of carbonyl (C=O) groups is 1. The van der Waals surface area contributed by atoms with Crippen molar-refractivity contribution in [2.45, 2.75) is 18.9 Å². The molecule has 2 heterocycles. The lowest BCUT2D eigenvalue weighted by Gasteiger charge is -2.22. The van der Waals surface area contributed by atoms with Crippen LogP contribution in [0.2, 0.25) is 0 Å². The number of aromatic nitrogens is 3. The van der Waals surface area contributed by atoms with Gasteiger partial charge in [-0.3, -0.25) is 4.79 Å². The van der Waals surface area contributed by atoms with E-state index in [9.17, 15) is 4.79 Å². The Morgan fingerprint density at radius 1 is 1.73 bits per heavy atom. The number of thiocarbonyl (C=S) groups is 1. The van der Waals surface area contributed by atoms with Gasteiger partial charge in [-0.15, -0.1) is 0 Å². The van der Waals surface area contributed by atoms with Crippen LogP contribution in [0.3, 0.4) is 0 Å². The Morgan fingerprint density at radius 3 is 3.13 bits per heavy atom. The van der Waals surface area contributed by atoms with E-state index in [1.54, 1.807) is 4.90 Å². The van der Waals surface area contributed by atoms with Crippen LogP contribution in [-0.4, -0.2) is 43.8 Å². The lowest BCUT2D eigenvalue weighted by molar-refractivity contribution is 0.0764. The van der Waals surface area contributed by atoms with Gasteiger partial charge in [0.2, 0.25) is 0 Å². The van der Waals surface area contributed by atoms with E-state index >= 15 is 0 Å². The lowest BCUT2D eigenvalue weighted by Crippen LogP contribution is -2.42. The molecule has 6 nitrogen and oxygen atoms in total. The van der Waals surface area contributed by atoms with E-state index in [0.717, 1.165) is 12.8 Å². The fraction of sp³-hybridized carbons (Fsp3) is 0.500. The molecule has 1 aliphatic heterocycles. The maximum atomic E-state index is 11.9. The van der Waals surface area contributed by atoms with Crippen molar-refractivity contribution in [2.24, 2.45) is 5.73 Å². The van der Waals surface area contributed by atoms with E-state index in [-0.39, 0.29) is 11.9 Å². The van der Waals surface area contributed by atoms with E-state index in [1.807, 2.05) is 0 Å². The highest BCUT2D eigenvalue weighted by Gasteiger charge is 2.32. The monoisotopic (exact) mass is 225 g/mol. The summed E-state index contributed by atoms with van der Waals surface area (Å²) in [6, 6.07) is -0.135. The van der Waals surface area contributed by atoms with Crippen molar-refractivity contribution in [2.75, 3.05) is 6.54 Å². The number of carbonyl (C=O) groups excluding carboxylic acids is 1. The molecule has 2 rings (SSSR count). The molecule has 0 saturated carbocycles. The van der Waals surface area contributed by atoms with Gasteiger partial charge in [0.25, 0.3) is 5.91 Å². The van der Waals surface area contributed by atoms with Gasteiger partial charge in [0.05, 0.1) is 17.2 Å². The molecule has 1 aromatic rings. The summed E-state index contributed by atoms with van der Waals surface area (Å²) in [5.74, 6) is -0.168. The highest BCUT2D eigenvalue weighted by molar-refractivity contribution is 7.80. The lowest BCUT2D eigenvalue weighted by atomic mass is 10.2. The Balaban J connectivity index is 2.17. The molecule has 1 saturated heterocycles. The third-order valence-electron chi connectivity index (χ3n) is 2.48. The molecule has 0 spiro atoms. The summed E-state index contributed by atoms with van der Waals surface area (Å²) in [6.07, 6.45) is 3.15. The summed E-state index contributed by atoms with van der Waals surface area (Å²) < 4.78 is 0. The second-order valence-corrected chi connectivity index (χ2v) is 3.89. The highest BCUT2D eigenvalue weighted by Crippen LogP contribution is 2.19. The minimum Gasteiger partial charge on any atom is -0.392 e. The van der Waals surface area contributed by atoms with Gasteiger partial charge in [0, 0.05) is 6.54 Å². The third kappa shape index (κ3) is 1.82. The van der Waals surface area contributed by atoms with Crippen molar-refractivity contribution in [3.8, 4) is 0 Å². The first-order valence-corrected chi connectivity index (χ1v) is 5.07. The Labute approximate surface area is 91.8 Å². The number of likely N-dealkylation sites (tertiary alicyclic amines) is 1. The van der Waals surface area contributed by atoms with Gasteiger partial charge in [-0.25, -0.2) is 0 Å². The van der Waals surface area contributed by atoms with Crippen molar-refractivity contribution in [3.63, 3.8) is 0 Å². The Bertz CT molecular complexity index is 376. The molecule has 0 bridgehead atoms. The molecule has 15 heavy (non-hydrogen) atoms. The second-order valence-electron chi connectivity index (χ2n) is 3.41. The van der Waals surface area contributed by atoms with Crippen molar-refractivity contribution < 1.29 is 4.79 Å². The van der Waals surface area contributed by atoms with E-state index in [4.69, 9.17) is 18.0 Å². The quantitative estimate of drug-likeness (QED) is 0.674. The van der Waals surface area contributed by atoms with Crippen LogP contribution in [0, 0.1) is 0 Å². The maximum Gasteiger partial charge on any atom is 0.276 e. The van der Waals surface area contributed by atoms with Crippen LogP contribution in [0.5, 0.6) is 0 Å². The van der Waals surface area contributed by atoms with Gasteiger partial charge < -0.3 is 10.6 Å². The number of aromatic amines is 1. The summed E-state index contributed by atoms with van der Waals surface area (Å²) in [5.41, 5.74) is 5.88. The van der Waals surface area contributed by atoms with Crippen LogP contribution < -0.4 is 5.73 Å². The maximum absolute atomic E-state index is 11.9. The van der Waals surface area contributed by atoms with Gasteiger partial charge in [0.1, 0.15) is 0 Å². The molecule has 1 unspecified atom stereocenters. The molecule has 0 radical (unpaired) electrons. The first-order chi connectivity index (χ1) is 7.20. The van der Waals surface area contributed by atoms with Gasteiger partial charge in [-0.1, -0.05) is 12.2 Å². The highest BCUT2D eigenvalue weighted by atomic mass is 32.1. The third-order valence-corrected chi connectivity index (χ3v) is 2.75. The Kier molecular flexibility index (Phi) is 2.63. The molecular formula is C8H11N5OS. The van der Waals surface area contributed by atoms with Crippen LogP contribution in [0.1, 0.15) is 23.3 Å². The van der Waals surface area contributed by atoms with Gasteiger partial charge in [-0.2, -0.15) is 15.4 Å². The van der Waals surface area contributed by atoms with Crippen LogP contribution >= 0.6 is 12.2 Å². The zero-order valence-electron chi connectivity index (χ0n) is 8.01. The topological polar surface area (TPSA) is 87.9 Å². The standard InChI is InChI=1S/C8H11N5OS/c9-7(15)6-2-1-3-13(6)8(14)5-4-10-12-11-5/h4,6H,1-3H2,(H2,9,15)(H,10,11,12). The molecule has 1 aliphatic rings. The summed E-state index contributed by atoms with van der Waals surface area (Å²) in [7, 11) is 0. The van der Waals surface area contributed by atoms with Crippen molar-refractivity contribution in [1.82, 2.24) is 20.3 Å². The normalized spacial score (nSPS) is 20.5. The van der Waals surface area contributed by atoms with Crippen LogP contribution in [0.15, 0.2) is 6.20 Å². The van der Waals surface area contributed by atoms with E-state index in [0.29, 0.717) is 17.2 Å². The molecule has 0 aromatic carbocycles. The van der Waals surface area contributed by atoms with E-state index in [2.05, 4.69) is 15.4 Å². The first-order valence-electron chi connectivity index (χ1n) is 4.66. The number of H-pyrrole nitrogens is 1. The molecule has 1 atom stereocenters. The van der Waals surface area contributed by atoms with Crippen molar-refractivity contribution >= 4 is 23.1 Å². The Morgan fingerprint density at radius 2 is 2.53 bits per heavy atom. The van der Waals surface area contributed by atoms with Crippen molar-refractivity contribution in [3.05, 3.63) is 11.9 Å². The van der Waals surface area contributed by atoms with Crippen molar-refractivity contribution in [1.29, 1.82) is 0 Å². The molecule has 3 N–H and O–H groups in total. The predicted molar refractivity (Wildman–Crippen MR) is 57.2 cm³/mol. The number of amides is 1. The molecule has 1 aromatic heterocycles. The molecule has 1 amide bonds. The number of hydrogen-bond donors (Lipinski definition) is 2. The zero-order chi connectivity index (χ0) is 10.8. The van der Waals surface area contributed by atoms with E-state index in [1.165, 1.54) is 6.20 Å². The molecule has 7 heteroatoms. The second kappa shape index (κ2) is 3.93. The minimum absolute atomic E-state index is 0.135. The minimum atomic E-state index is -0.168. The average Bonchev–Trinajstić information content (AvgIpc) is 2.88. The summed E-state index contributed by atoms with van der Waals surface area (Å²) in [4.78, 5) is 13.9. The van der Waals surface area contributed by atoms with Gasteiger partial charge >= 0.3 is 0 Å².